The van der Waals surface area contributed by atoms with E-state index in [9.17, 15) is 20.0 Å². The van der Waals surface area contributed by atoms with Crippen molar-refractivity contribution in [1.82, 2.24) is 4.90 Å². The number of amides is 1. The number of aromatic hydroxyl groups is 1. The molecule has 0 atom stereocenters. The second-order valence-corrected chi connectivity index (χ2v) is 7.09. The van der Waals surface area contributed by atoms with Gasteiger partial charge in [0, 0.05) is 11.6 Å². The van der Waals surface area contributed by atoms with Gasteiger partial charge in [0.1, 0.15) is 10.1 Å². The van der Waals surface area contributed by atoms with Crippen LogP contribution in [0.1, 0.15) is 18.2 Å². The fourth-order valence-electron chi connectivity index (χ4n) is 2.43. The molecule has 1 saturated heterocycles. The molecule has 0 spiro atoms. The molecule has 2 heterocycles. The number of non-ortho nitro benzene ring substituents is 1. The van der Waals surface area contributed by atoms with Crippen LogP contribution in [-0.4, -0.2) is 31.8 Å². The van der Waals surface area contributed by atoms with Gasteiger partial charge in [-0.3, -0.25) is 19.8 Å². The summed E-state index contributed by atoms with van der Waals surface area (Å²) in [5, 5.41) is 21.5. The number of ether oxygens (including phenoxy) is 1. The molecule has 3 rings (SSSR count). The van der Waals surface area contributed by atoms with Gasteiger partial charge in [-0.2, -0.15) is 0 Å². The summed E-state index contributed by atoms with van der Waals surface area (Å²) in [5.74, 6) is -0.0996. The summed E-state index contributed by atoms with van der Waals surface area (Å²) in [4.78, 5) is 24.8. The van der Waals surface area contributed by atoms with Crippen LogP contribution in [0, 0.1) is 10.1 Å². The molecule has 140 valence electrons. The Morgan fingerprint density at radius 3 is 2.89 bits per heavy atom. The summed E-state index contributed by atoms with van der Waals surface area (Å²) < 4.78 is 10.8. The molecule has 0 radical (unpaired) electrons. The molecule has 8 nitrogen and oxygen atoms in total. The lowest BCUT2D eigenvalue weighted by molar-refractivity contribution is -0.385. The molecule has 10 heteroatoms. The third-order valence-electron chi connectivity index (χ3n) is 3.65. The Labute approximate surface area is 163 Å². The Morgan fingerprint density at radius 2 is 2.26 bits per heavy atom. The van der Waals surface area contributed by atoms with Gasteiger partial charge in [-0.15, -0.1) is 0 Å². The van der Waals surface area contributed by atoms with Gasteiger partial charge in [-0.1, -0.05) is 24.0 Å². The number of phenolic OH excluding ortho intramolecular Hbond substituents is 1. The van der Waals surface area contributed by atoms with Gasteiger partial charge >= 0.3 is 0 Å². The van der Waals surface area contributed by atoms with Crippen LogP contribution in [0.25, 0.3) is 6.08 Å². The Kier molecular flexibility index (Phi) is 5.47. The number of furan rings is 1. The number of nitro groups is 1. The molecule has 27 heavy (non-hydrogen) atoms. The summed E-state index contributed by atoms with van der Waals surface area (Å²) in [6.07, 6.45) is 2.87. The topological polar surface area (TPSA) is 106 Å². The summed E-state index contributed by atoms with van der Waals surface area (Å²) in [6.45, 7) is 2.09. The Balaban J connectivity index is 1.95. The van der Waals surface area contributed by atoms with Crippen molar-refractivity contribution in [2.45, 2.75) is 13.5 Å². The zero-order valence-electron chi connectivity index (χ0n) is 14.1. The summed E-state index contributed by atoms with van der Waals surface area (Å²) in [6, 6.07) is 5.75. The van der Waals surface area contributed by atoms with Gasteiger partial charge in [0.15, 0.2) is 11.5 Å². The average molecular weight is 406 g/mol. The van der Waals surface area contributed by atoms with E-state index >= 15 is 0 Å². The van der Waals surface area contributed by atoms with Crippen LogP contribution in [0.4, 0.5) is 5.69 Å². The number of hydrogen-bond donors (Lipinski definition) is 1. The molecule has 0 saturated carbocycles. The molecule has 1 aromatic carbocycles. The number of benzene rings is 1. The highest BCUT2D eigenvalue weighted by atomic mass is 32.2. The minimum absolute atomic E-state index is 0.0241. The minimum Gasteiger partial charge on any atom is -0.504 e. The van der Waals surface area contributed by atoms with Crippen molar-refractivity contribution in [2.75, 3.05) is 6.61 Å². The van der Waals surface area contributed by atoms with Crippen LogP contribution in [-0.2, 0) is 11.3 Å². The SMILES string of the molecule is CCOc1cc([N+](=O)[O-])cc(/C=C2\SC(=S)N(Cc3ccco3)C2=O)c1O. The molecule has 1 aromatic heterocycles. The monoisotopic (exact) mass is 406 g/mol. The van der Waals surface area contributed by atoms with Crippen LogP contribution in [0.3, 0.4) is 0 Å². The molecular weight excluding hydrogens is 392 g/mol. The molecular formula is C17H14N2O6S2. The zero-order chi connectivity index (χ0) is 19.6. The lowest BCUT2D eigenvalue weighted by atomic mass is 10.1. The number of carbonyl (C=O) groups is 1. The van der Waals surface area contributed by atoms with Crippen molar-refractivity contribution < 1.29 is 24.0 Å². The number of phenols is 1. The number of nitro benzene ring substituents is 1. The fourth-order valence-corrected chi connectivity index (χ4v) is 3.68. The molecule has 1 aliphatic heterocycles. The van der Waals surface area contributed by atoms with Crippen LogP contribution >= 0.6 is 24.0 Å². The summed E-state index contributed by atoms with van der Waals surface area (Å²) in [7, 11) is 0. The van der Waals surface area contributed by atoms with Crippen molar-refractivity contribution in [3.63, 3.8) is 0 Å². The highest BCUT2D eigenvalue weighted by molar-refractivity contribution is 8.26. The maximum Gasteiger partial charge on any atom is 0.274 e. The number of thioether (sulfide) groups is 1. The van der Waals surface area contributed by atoms with E-state index in [1.807, 2.05) is 0 Å². The maximum atomic E-state index is 12.6. The first-order chi connectivity index (χ1) is 12.9. The van der Waals surface area contributed by atoms with E-state index in [-0.39, 0.29) is 46.7 Å². The summed E-state index contributed by atoms with van der Waals surface area (Å²) >= 11 is 6.29. The lowest BCUT2D eigenvalue weighted by Crippen LogP contribution is -2.27. The molecule has 2 aromatic rings. The minimum atomic E-state index is -0.596. The molecule has 1 fully saturated rings. The smallest absolute Gasteiger partial charge is 0.274 e. The molecule has 1 amide bonds. The van der Waals surface area contributed by atoms with Crippen LogP contribution < -0.4 is 4.74 Å². The Bertz CT molecular complexity index is 939. The molecule has 1 aliphatic rings. The van der Waals surface area contributed by atoms with E-state index < -0.39 is 4.92 Å². The van der Waals surface area contributed by atoms with E-state index in [1.165, 1.54) is 23.3 Å². The molecule has 1 N–H and O–H groups in total. The molecule has 0 unspecified atom stereocenters. The maximum absolute atomic E-state index is 12.6. The van der Waals surface area contributed by atoms with Gasteiger partial charge in [0.05, 0.1) is 35.3 Å². The van der Waals surface area contributed by atoms with Gasteiger partial charge < -0.3 is 14.3 Å². The first-order valence-electron chi connectivity index (χ1n) is 7.82. The van der Waals surface area contributed by atoms with Gasteiger partial charge in [0.25, 0.3) is 11.6 Å². The van der Waals surface area contributed by atoms with E-state index in [2.05, 4.69) is 0 Å². The zero-order valence-corrected chi connectivity index (χ0v) is 15.7. The van der Waals surface area contributed by atoms with Crippen LogP contribution in [0.2, 0.25) is 0 Å². The van der Waals surface area contributed by atoms with Crippen molar-refractivity contribution in [3.05, 3.63) is 56.9 Å². The van der Waals surface area contributed by atoms with Crippen LogP contribution in [0.5, 0.6) is 11.5 Å². The average Bonchev–Trinajstić information content (AvgIpc) is 3.22. The van der Waals surface area contributed by atoms with Gasteiger partial charge in [0.2, 0.25) is 0 Å². The van der Waals surface area contributed by atoms with Crippen molar-refractivity contribution in [2.24, 2.45) is 0 Å². The Hall–Kier alpha value is -2.85. The van der Waals surface area contributed by atoms with Crippen molar-refractivity contribution >= 4 is 46.0 Å². The lowest BCUT2D eigenvalue weighted by Gasteiger charge is -2.12. The number of rotatable bonds is 6. The van der Waals surface area contributed by atoms with Crippen molar-refractivity contribution in [1.29, 1.82) is 0 Å². The standard InChI is InChI=1S/C17H14N2O6S2/c1-2-24-13-8-11(19(22)23)6-10(15(13)20)7-14-16(21)18(17(26)27-14)9-12-4-3-5-25-12/h3-8,20H,2,9H2,1H3/b14-7-. The first kappa shape index (κ1) is 18.9. The number of carbonyl (C=O) groups excluding carboxylic acids is 1. The highest BCUT2D eigenvalue weighted by Gasteiger charge is 2.33. The summed E-state index contributed by atoms with van der Waals surface area (Å²) in [5.41, 5.74) is -0.153. The quantitative estimate of drug-likeness (QED) is 0.335. The molecule has 0 bridgehead atoms. The highest BCUT2D eigenvalue weighted by Crippen LogP contribution is 2.39. The van der Waals surface area contributed by atoms with Gasteiger partial charge in [-0.25, -0.2) is 0 Å². The van der Waals surface area contributed by atoms with E-state index in [0.717, 1.165) is 17.8 Å². The second kappa shape index (κ2) is 7.80. The normalized spacial score (nSPS) is 15.6. The predicted octanol–water partition coefficient (Wildman–Crippen LogP) is 3.69. The number of thiocarbonyl (C=S) groups is 1. The van der Waals surface area contributed by atoms with Crippen LogP contribution in [0.15, 0.2) is 39.9 Å². The van der Waals surface area contributed by atoms with E-state index in [0.29, 0.717) is 10.1 Å². The van der Waals surface area contributed by atoms with Crippen molar-refractivity contribution in [3.8, 4) is 11.5 Å². The fraction of sp³-hybridized carbons (Fsp3) is 0.176. The third-order valence-corrected chi connectivity index (χ3v) is 5.03. The second-order valence-electron chi connectivity index (χ2n) is 5.42. The number of nitrogens with zero attached hydrogens (tertiary/aromatic N) is 2. The third kappa shape index (κ3) is 3.96. The number of hydrogen-bond acceptors (Lipinski definition) is 8. The molecule has 0 aliphatic carbocycles. The predicted molar refractivity (Wildman–Crippen MR) is 103 cm³/mol. The van der Waals surface area contributed by atoms with E-state index in [4.69, 9.17) is 21.4 Å². The van der Waals surface area contributed by atoms with Gasteiger partial charge in [-0.05, 0) is 25.1 Å². The Morgan fingerprint density at radius 1 is 1.48 bits per heavy atom. The van der Waals surface area contributed by atoms with E-state index in [1.54, 1.807) is 19.1 Å². The first-order valence-corrected chi connectivity index (χ1v) is 9.05. The largest absolute Gasteiger partial charge is 0.504 e.